The van der Waals surface area contributed by atoms with Crippen LogP contribution in [0, 0.1) is 0 Å². The van der Waals surface area contributed by atoms with Gasteiger partial charge >= 0.3 is 0 Å². The normalized spacial score (nSPS) is 14.9. The van der Waals surface area contributed by atoms with Crippen molar-refractivity contribution in [1.82, 2.24) is 4.90 Å². The van der Waals surface area contributed by atoms with Gasteiger partial charge in [0.05, 0.1) is 17.2 Å². The second-order valence-corrected chi connectivity index (χ2v) is 8.06. The third-order valence-corrected chi connectivity index (χ3v) is 6.12. The summed E-state index contributed by atoms with van der Waals surface area (Å²) in [6.07, 6.45) is 1.92. The van der Waals surface area contributed by atoms with Gasteiger partial charge in [-0.1, -0.05) is 60.7 Å². The number of amides is 1. The Morgan fingerprint density at radius 2 is 1.69 bits per heavy atom. The lowest BCUT2D eigenvalue weighted by molar-refractivity contribution is -0.136. The molecule has 0 aliphatic carbocycles. The third kappa shape index (κ3) is 4.98. The van der Waals surface area contributed by atoms with Gasteiger partial charge in [0.15, 0.2) is 6.61 Å². The molecule has 3 aromatic rings. The van der Waals surface area contributed by atoms with Crippen LogP contribution in [0.4, 0.5) is 0 Å². The van der Waals surface area contributed by atoms with E-state index < -0.39 is 0 Å². The van der Waals surface area contributed by atoms with Crippen LogP contribution < -0.4 is 4.74 Å². The molecule has 0 radical (unpaired) electrons. The molecule has 1 amide bonds. The number of likely N-dealkylation sites (tertiary alicyclic amines) is 1. The van der Waals surface area contributed by atoms with Crippen LogP contribution in [0.25, 0.3) is 10.8 Å². The van der Waals surface area contributed by atoms with Crippen molar-refractivity contribution in [2.75, 3.05) is 19.7 Å². The van der Waals surface area contributed by atoms with E-state index in [-0.39, 0.29) is 18.6 Å². The van der Waals surface area contributed by atoms with Crippen molar-refractivity contribution in [1.29, 1.82) is 0 Å². The molecule has 1 aliphatic heterocycles. The largest absolute Gasteiger partial charge is 0.483 e. The zero-order valence-corrected chi connectivity index (χ0v) is 17.8. The number of ether oxygens (including phenoxy) is 2. The van der Waals surface area contributed by atoms with Crippen LogP contribution >= 0.6 is 15.9 Å². The van der Waals surface area contributed by atoms with Gasteiger partial charge in [0.25, 0.3) is 5.91 Å². The van der Waals surface area contributed by atoms with E-state index in [4.69, 9.17) is 9.47 Å². The number of fused-ring (bicyclic) bond motifs is 1. The summed E-state index contributed by atoms with van der Waals surface area (Å²) in [4.78, 5) is 14.4. The van der Waals surface area contributed by atoms with Gasteiger partial charge in [0.2, 0.25) is 0 Å². The van der Waals surface area contributed by atoms with Crippen LogP contribution in [0.2, 0.25) is 0 Å². The highest BCUT2D eigenvalue weighted by atomic mass is 79.9. The Bertz CT molecular complexity index is 968. The predicted octanol–water partition coefficient (Wildman–Crippen LogP) is 5.19. The maximum atomic E-state index is 12.6. The number of benzene rings is 3. The molecule has 29 heavy (non-hydrogen) atoms. The maximum Gasteiger partial charge on any atom is 0.260 e. The van der Waals surface area contributed by atoms with Crippen LogP contribution in [0.3, 0.4) is 0 Å². The van der Waals surface area contributed by atoms with Crippen LogP contribution in [-0.4, -0.2) is 36.6 Å². The van der Waals surface area contributed by atoms with E-state index >= 15 is 0 Å². The average Bonchev–Trinajstić information content (AvgIpc) is 2.78. The van der Waals surface area contributed by atoms with E-state index in [1.807, 2.05) is 53.4 Å². The average molecular weight is 454 g/mol. The summed E-state index contributed by atoms with van der Waals surface area (Å²) < 4.78 is 12.7. The lowest BCUT2D eigenvalue weighted by Crippen LogP contribution is -2.42. The van der Waals surface area contributed by atoms with Crippen molar-refractivity contribution in [3.05, 3.63) is 76.8 Å². The molecule has 1 aliphatic rings. The summed E-state index contributed by atoms with van der Waals surface area (Å²) in [5, 5.41) is 2.21. The highest BCUT2D eigenvalue weighted by molar-refractivity contribution is 9.10. The van der Waals surface area contributed by atoms with Gasteiger partial charge in [-0.25, -0.2) is 0 Å². The first-order chi connectivity index (χ1) is 14.2. The quantitative estimate of drug-likeness (QED) is 0.515. The molecular weight excluding hydrogens is 430 g/mol. The fraction of sp³-hybridized carbons (Fsp3) is 0.292. The van der Waals surface area contributed by atoms with Crippen LogP contribution in [-0.2, 0) is 16.1 Å². The molecule has 0 spiro atoms. The molecule has 1 heterocycles. The lowest BCUT2D eigenvalue weighted by Gasteiger charge is -2.32. The first-order valence-corrected chi connectivity index (χ1v) is 10.7. The number of hydrogen-bond acceptors (Lipinski definition) is 3. The van der Waals surface area contributed by atoms with E-state index in [1.165, 1.54) is 5.56 Å². The molecule has 0 bridgehead atoms. The molecule has 0 aromatic heterocycles. The first kappa shape index (κ1) is 19.9. The van der Waals surface area contributed by atoms with Gasteiger partial charge in [-0.2, -0.15) is 0 Å². The molecule has 150 valence electrons. The minimum absolute atomic E-state index is 0.0200. The van der Waals surface area contributed by atoms with Gasteiger partial charge in [-0.3, -0.25) is 4.79 Å². The van der Waals surface area contributed by atoms with Crippen LogP contribution in [0.5, 0.6) is 5.75 Å². The molecule has 3 aromatic carbocycles. The minimum atomic E-state index is 0.0200. The number of halogens is 1. The van der Waals surface area contributed by atoms with Gasteiger partial charge in [-0.05, 0) is 51.2 Å². The number of rotatable bonds is 6. The summed E-state index contributed by atoms with van der Waals surface area (Å²) in [6, 6.07) is 22.2. The SMILES string of the molecule is O=C(COc1ccc2ccccc2c1Br)N1CCC(OCc2ccccc2)CC1. The monoisotopic (exact) mass is 453 g/mol. The Labute approximate surface area is 179 Å². The predicted molar refractivity (Wildman–Crippen MR) is 118 cm³/mol. The molecule has 0 N–H and O–H groups in total. The Kier molecular flexibility index (Phi) is 6.47. The highest BCUT2D eigenvalue weighted by Gasteiger charge is 2.23. The molecule has 4 rings (SSSR count). The lowest BCUT2D eigenvalue weighted by atomic mass is 10.1. The zero-order valence-electron chi connectivity index (χ0n) is 16.2. The van der Waals surface area contributed by atoms with Crippen molar-refractivity contribution < 1.29 is 14.3 Å². The second-order valence-electron chi connectivity index (χ2n) is 7.26. The van der Waals surface area contributed by atoms with Crippen LogP contribution in [0.1, 0.15) is 18.4 Å². The van der Waals surface area contributed by atoms with Crippen molar-refractivity contribution in [2.45, 2.75) is 25.6 Å². The molecule has 1 fully saturated rings. The maximum absolute atomic E-state index is 12.6. The molecule has 1 saturated heterocycles. The van der Waals surface area contributed by atoms with E-state index in [9.17, 15) is 4.79 Å². The molecule has 0 atom stereocenters. The third-order valence-electron chi connectivity index (χ3n) is 5.30. The molecular formula is C24H24BrNO3. The topological polar surface area (TPSA) is 38.8 Å². The fourth-order valence-electron chi connectivity index (χ4n) is 3.62. The van der Waals surface area contributed by atoms with Crippen LogP contribution in [0.15, 0.2) is 71.2 Å². The van der Waals surface area contributed by atoms with Gasteiger partial charge < -0.3 is 14.4 Å². The Balaban J connectivity index is 1.25. The number of hydrogen-bond donors (Lipinski definition) is 0. The van der Waals surface area contributed by atoms with E-state index in [0.717, 1.165) is 28.1 Å². The number of carbonyl (C=O) groups is 1. The summed E-state index contributed by atoms with van der Waals surface area (Å²) in [5.74, 6) is 0.713. The molecule has 4 nitrogen and oxygen atoms in total. The minimum Gasteiger partial charge on any atom is -0.483 e. The molecule has 5 heteroatoms. The highest BCUT2D eigenvalue weighted by Crippen LogP contribution is 2.33. The van der Waals surface area contributed by atoms with Crippen molar-refractivity contribution in [3.8, 4) is 5.75 Å². The Morgan fingerprint density at radius 3 is 2.48 bits per heavy atom. The zero-order chi connectivity index (χ0) is 20.1. The smallest absolute Gasteiger partial charge is 0.260 e. The second kappa shape index (κ2) is 9.42. The Hall–Kier alpha value is -2.37. The van der Waals surface area contributed by atoms with E-state index in [0.29, 0.717) is 25.4 Å². The first-order valence-electron chi connectivity index (χ1n) is 9.94. The summed E-state index contributed by atoms with van der Waals surface area (Å²) in [5.41, 5.74) is 1.18. The van der Waals surface area contributed by atoms with Crippen molar-refractivity contribution >= 4 is 32.6 Å². The van der Waals surface area contributed by atoms with Crippen molar-refractivity contribution in [3.63, 3.8) is 0 Å². The molecule has 0 saturated carbocycles. The Morgan fingerprint density at radius 1 is 0.966 bits per heavy atom. The number of carbonyl (C=O) groups excluding carboxylic acids is 1. The fourth-order valence-corrected chi connectivity index (χ4v) is 4.22. The van der Waals surface area contributed by atoms with Crippen molar-refractivity contribution in [2.24, 2.45) is 0 Å². The van der Waals surface area contributed by atoms with Gasteiger partial charge in [-0.15, -0.1) is 0 Å². The van der Waals surface area contributed by atoms with Gasteiger partial charge in [0.1, 0.15) is 5.75 Å². The number of piperidine rings is 1. The standard InChI is InChI=1S/C24H24BrNO3/c25-24-21-9-5-4-8-19(21)10-11-22(24)29-17-23(27)26-14-12-20(13-15-26)28-16-18-6-2-1-3-7-18/h1-11,20H,12-17H2. The summed E-state index contributed by atoms with van der Waals surface area (Å²) in [6.45, 7) is 2.09. The summed E-state index contributed by atoms with van der Waals surface area (Å²) in [7, 11) is 0. The molecule has 0 unspecified atom stereocenters. The number of nitrogens with zero attached hydrogens (tertiary/aromatic N) is 1. The van der Waals surface area contributed by atoms with E-state index in [2.05, 4.69) is 34.1 Å². The van der Waals surface area contributed by atoms with E-state index in [1.54, 1.807) is 0 Å². The summed E-state index contributed by atoms with van der Waals surface area (Å²) >= 11 is 3.61. The van der Waals surface area contributed by atoms with Gasteiger partial charge in [0, 0.05) is 13.1 Å².